The molecular weight excluding hydrogens is 303 g/mol. The Balaban J connectivity index is 2.11. The van der Waals surface area contributed by atoms with Crippen molar-refractivity contribution in [2.45, 2.75) is 39.5 Å². The normalized spacial score (nSPS) is 10.5. The fourth-order valence-electron chi connectivity index (χ4n) is 2.42. The Hall–Kier alpha value is -2.42. The van der Waals surface area contributed by atoms with Crippen molar-refractivity contribution < 1.29 is 13.9 Å². The van der Waals surface area contributed by atoms with Crippen molar-refractivity contribution >= 4 is 5.97 Å². The number of unbranched alkanes of at least 4 members (excludes halogenated alkanes) is 2. The molecule has 126 valence electrons. The van der Waals surface area contributed by atoms with Gasteiger partial charge in [0.15, 0.2) is 0 Å². The predicted octanol–water partition coefficient (Wildman–Crippen LogP) is 5.71. The predicted molar refractivity (Wildman–Crippen MR) is 95.5 cm³/mol. The lowest BCUT2D eigenvalue weighted by Crippen LogP contribution is -2.07. The van der Waals surface area contributed by atoms with Crippen LogP contribution in [0.2, 0.25) is 0 Å². The molecule has 0 N–H and O–H groups in total. The molecule has 2 rings (SSSR count). The molecule has 0 saturated carbocycles. The largest absolute Gasteiger partial charge is 0.423 e. The maximum atomic E-state index is 14.4. The first kappa shape index (κ1) is 17.9. The van der Waals surface area contributed by atoms with E-state index in [1.54, 1.807) is 37.3 Å². The molecule has 0 spiro atoms. The number of benzene rings is 2. The van der Waals surface area contributed by atoms with Crippen molar-refractivity contribution in [2.75, 3.05) is 0 Å². The molecule has 0 aromatic heterocycles. The maximum Gasteiger partial charge on any atom is 0.338 e. The highest BCUT2D eigenvalue weighted by molar-refractivity contribution is 5.88. The van der Waals surface area contributed by atoms with Crippen LogP contribution in [0.3, 0.4) is 0 Å². The molecule has 3 heteroatoms. The lowest BCUT2D eigenvalue weighted by molar-refractivity contribution is -0.130. The number of aryl methyl sites for hydroxylation is 1. The number of esters is 1. The Morgan fingerprint density at radius 2 is 1.83 bits per heavy atom. The van der Waals surface area contributed by atoms with E-state index in [0.29, 0.717) is 16.9 Å². The van der Waals surface area contributed by atoms with E-state index in [1.807, 2.05) is 12.1 Å². The minimum atomic E-state index is -0.467. The third-order valence-corrected chi connectivity index (χ3v) is 3.83. The van der Waals surface area contributed by atoms with Gasteiger partial charge in [-0.1, -0.05) is 50.6 Å². The van der Waals surface area contributed by atoms with E-state index in [4.69, 9.17) is 4.74 Å². The monoisotopic (exact) mass is 326 g/mol. The Bertz CT molecular complexity index is 717. The molecule has 2 nitrogen and oxygen atoms in total. The Kier molecular flexibility index (Phi) is 6.30. The van der Waals surface area contributed by atoms with Crippen molar-refractivity contribution in [3.05, 3.63) is 66.0 Å². The minimum Gasteiger partial charge on any atom is -0.423 e. The number of hydrogen-bond acceptors (Lipinski definition) is 2. The van der Waals surface area contributed by atoms with Gasteiger partial charge in [0, 0.05) is 11.1 Å². The number of hydrogen-bond donors (Lipinski definition) is 0. The fraction of sp³-hybridized carbons (Fsp3) is 0.286. The third kappa shape index (κ3) is 4.79. The molecule has 0 saturated heterocycles. The molecule has 0 bridgehead atoms. The van der Waals surface area contributed by atoms with E-state index in [9.17, 15) is 9.18 Å². The Labute approximate surface area is 143 Å². The van der Waals surface area contributed by atoms with Gasteiger partial charge < -0.3 is 4.74 Å². The van der Waals surface area contributed by atoms with Crippen LogP contribution >= 0.6 is 0 Å². The highest BCUT2D eigenvalue weighted by Crippen LogP contribution is 2.26. The Morgan fingerprint density at radius 3 is 2.42 bits per heavy atom. The van der Waals surface area contributed by atoms with Crippen molar-refractivity contribution in [3.63, 3.8) is 0 Å². The maximum absolute atomic E-state index is 14.4. The van der Waals surface area contributed by atoms with Gasteiger partial charge in [0.2, 0.25) is 0 Å². The van der Waals surface area contributed by atoms with Crippen LogP contribution < -0.4 is 4.74 Å². The number of rotatable bonds is 7. The lowest BCUT2D eigenvalue weighted by atomic mass is 10.0. The second-order valence-electron chi connectivity index (χ2n) is 5.97. The summed E-state index contributed by atoms with van der Waals surface area (Å²) in [7, 11) is 0. The molecule has 0 amide bonds. The SMILES string of the molecule is C=C(C)C(=O)Oc1ccc(-c2ccc(CCCCC)cc2F)cc1. The summed E-state index contributed by atoms with van der Waals surface area (Å²) in [5.41, 5.74) is 2.66. The second-order valence-corrected chi connectivity index (χ2v) is 5.97. The van der Waals surface area contributed by atoms with Gasteiger partial charge >= 0.3 is 5.97 Å². The summed E-state index contributed by atoms with van der Waals surface area (Å²) < 4.78 is 19.5. The van der Waals surface area contributed by atoms with Crippen molar-refractivity contribution in [1.29, 1.82) is 0 Å². The molecule has 0 heterocycles. The van der Waals surface area contributed by atoms with Gasteiger partial charge in [-0.15, -0.1) is 0 Å². The average Bonchev–Trinajstić information content (AvgIpc) is 2.56. The lowest BCUT2D eigenvalue weighted by Gasteiger charge is -2.08. The molecule has 24 heavy (non-hydrogen) atoms. The summed E-state index contributed by atoms with van der Waals surface area (Å²) in [6.45, 7) is 7.28. The zero-order chi connectivity index (χ0) is 17.5. The number of carbonyl (C=O) groups is 1. The van der Waals surface area contributed by atoms with Crippen LogP contribution in [-0.4, -0.2) is 5.97 Å². The number of halogens is 1. The molecule has 0 aliphatic heterocycles. The van der Waals surface area contributed by atoms with Crippen LogP contribution in [0.1, 0.15) is 38.7 Å². The average molecular weight is 326 g/mol. The van der Waals surface area contributed by atoms with Crippen LogP contribution in [0, 0.1) is 5.82 Å². The molecule has 0 unspecified atom stereocenters. The van der Waals surface area contributed by atoms with Crippen molar-refractivity contribution in [1.82, 2.24) is 0 Å². The topological polar surface area (TPSA) is 26.3 Å². The van der Waals surface area contributed by atoms with Gasteiger partial charge in [-0.3, -0.25) is 0 Å². The summed E-state index contributed by atoms with van der Waals surface area (Å²) >= 11 is 0. The summed E-state index contributed by atoms with van der Waals surface area (Å²) in [5.74, 6) is -0.274. The van der Waals surface area contributed by atoms with E-state index < -0.39 is 5.97 Å². The standard InChI is InChI=1S/C21H23FO2/c1-4-5-6-7-16-8-13-19(20(22)14-16)17-9-11-18(12-10-17)24-21(23)15(2)3/h8-14H,2,4-7H2,1,3H3. The van der Waals surface area contributed by atoms with Gasteiger partial charge in [0.1, 0.15) is 11.6 Å². The van der Waals surface area contributed by atoms with Gasteiger partial charge in [-0.25, -0.2) is 9.18 Å². The van der Waals surface area contributed by atoms with Crippen LogP contribution in [-0.2, 0) is 11.2 Å². The minimum absolute atomic E-state index is 0.226. The first-order valence-corrected chi connectivity index (χ1v) is 8.27. The van der Waals surface area contributed by atoms with E-state index in [1.165, 1.54) is 0 Å². The molecule has 2 aromatic carbocycles. The first-order chi connectivity index (χ1) is 11.5. The first-order valence-electron chi connectivity index (χ1n) is 8.27. The highest BCUT2D eigenvalue weighted by Gasteiger charge is 2.09. The zero-order valence-corrected chi connectivity index (χ0v) is 14.3. The molecule has 0 aliphatic rings. The van der Waals surface area contributed by atoms with E-state index in [0.717, 1.165) is 36.8 Å². The van der Waals surface area contributed by atoms with Gasteiger partial charge in [0.25, 0.3) is 0 Å². The van der Waals surface area contributed by atoms with Gasteiger partial charge in [-0.2, -0.15) is 0 Å². The summed E-state index contributed by atoms with van der Waals surface area (Å²) in [5, 5.41) is 0. The van der Waals surface area contributed by atoms with Crippen LogP contribution in [0.5, 0.6) is 5.75 Å². The summed E-state index contributed by atoms with van der Waals surface area (Å²) in [6, 6.07) is 12.2. The molecule has 2 aromatic rings. The van der Waals surface area contributed by atoms with Crippen molar-refractivity contribution in [2.24, 2.45) is 0 Å². The quantitative estimate of drug-likeness (QED) is 0.282. The molecule has 0 atom stereocenters. The second kappa shape index (κ2) is 8.44. The summed E-state index contributed by atoms with van der Waals surface area (Å²) in [4.78, 5) is 11.5. The number of carbonyl (C=O) groups excluding carboxylic acids is 1. The van der Waals surface area contributed by atoms with E-state index in [2.05, 4.69) is 13.5 Å². The molecule has 0 radical (unpaired) electrons. The van der Waals surface area contributed by atoms with Crippen LogP contribution in [0.15, 0.2) is 54.6 Å². The smallest absolute Gasteiger partial charge is 0.338 e. The van der Waals surface area contributed by atoms with Crippen LogP contribution in [0.4, 0.5) is 4.39 Å². The number of ether oxygens (including phenoxy) is 1. The van der Waals surface area contributed by atoms with E-state index in [-0.39, 0.29) is 5.82 Å². The Morgan fingerprint density at radius 1 is 1.12 bits per heavy atom. The molecular formula is C21H23FO2. The van der Waals surface area contributed by atoms with Gasteiger partial charge in [-0.05, 0) is 49.1 Å². The highest BCUT2D eigenvalue weighted by atomic mass is 19.1. The van der Waals surface area contributed by atoms with Crippen molar-refractivity contribution in [3.8, 4) is 16.9 Å². The van der Waals surface area contributed by atoms with Gasteiger partial charge in [0.05, 0.1) is 0 Å². The summed E-state index contributed by atoms with van der Waals surface area (Å²) in [6.07, 6.45) is 4.30. The fourth-order valence-corrected chi connectivity index (χ4v) is 2.42. The van der Waals surface area contributed by atoms with E-state index >= 15 is 0 Å². The van der Waals surface area contributed by atoms with Crippen LogP contribution in [0.25, 0.3) is 11.1 Å². The third-order valence-electron chi connectivity index (χ3n) is 3.83. The zero-order valence-electron chi connectivity index (χ0n) is 14.3. The molecule has 0 fully saturated rings. The molecule has 0 aliphatic carbocycles.